The number of nitro groups is 1. The van der Waals surface area contributed by atoms with Crippen molar-refractivity contribution >= 4 is 11.6 Å². The Hall–Kier alpha value is -3.13. The molecule has 1 amide bonds. The quantitative estimate of drug-likeness (QED) is 0.629. The average Bonchev–Trinajstić information content (AvgIpc) is 3.14. The molecule has 0 aliphatic carbocycles. The van der Waals surface area contributed by atoms with Gasteiger partial charge < -0.3 is 14.8 Å². The number of ether oxygens (including phenoxy) is 2. The Balaban J connectivity index is 1.44. The number of amides is 1. The standard InChI is InChI=1S/C20H21N3O5/c24-20(16-10-18-19(28-9-8-27-18)11-17(16)23(25)26)21-15-6-7-22(13-15)12-14-4-2-1-3-5-14/h1-5,10-11,15H,6-9,12-13H2,(H,21,24). The van der Waals surface area contributed by atoms with E-state index in [1.54, 1.807) is 0 Å². The third-order valence-electron chi connectivity index (χ3n) is 4.96. The van der Waals surface area contributed by atoms with Gasteiger partial charge in [0.25, 0.3) is 11.6 Å². The maximum absolute atomic E-state index is 12.7. The summed E-state index contributed by atoms with van der Waals surface area (Å²) >= 11 is 0. The molecule has 2 heterocycles. The lowest BCUT2D eigenvalue weighted by Crippen LogP contribution is -2.37. The highest BCUT2D eigenvalue weighted by molar-refractivity contribution is 5.99. The zero-order chi connectivity index (χ0) is 19.5. The first kappa shape index (κ1) is 18.2. The smallest absolute Gasteiger partial charge is 0.286 e. The Morgan fingerprint density at radius 1 is 1.18 bits per heavy atom. The van der Waals surface area contributed by atoms with Gasteiger partial charge in [0, 0.05) is 31.7 Å². The van der Waals surface area contributed by atoms with Crippen molar-refractivity contribution in [1.82, 2.24) is 10.2 Å². The van der Waals surface area contributed by atoms with Crippen LogP contribution in [0, 0.1) is 10.1 Å². The summed E-state index contributed by atoms with van der Waals surface area (Å²) in [5.74, 6) is 0.193. The zero-order valence-electron chi connectivity index (χ0n) is 15.3. The molecule has 2 aliphatic heterocycles. The van der Waals surface area contributed by atoms with E-state index in [0.29, 0.717) is 31.3 Å². The summed E-state index contributed by atoms with van der Waals surface area (Å²) in [6, 6.07) is 12.8. The molecule has 2 aromatic rings. The molecule has 2 aliphatic rings. The number of hydrogen-bond donors (Lipinski definition) is 1. The van der Waals surface area contributed by atoms with Crippen LogP contribution in [0.25, 0.3) is 0 Å². The van der Waals surface area contributed by atoms with Gasteiger partial charge in [0.1, 0.15) is 18.8 Å². The second-order valence-electron chi connectivity index (χ2n) is 6.95. The average molecular weight is 383 g/mol. The summed E-state index contributed by atoms with van der Waals surface area (Å²) in [7, 11) is 0. The second-order valence-corrected chi connectivity index (χ2v) is 6.95. The number of carbonyl (C=O) groups is 1. The van der Waals surface area contributed by atoms with E-state index in [1.807, 2.05) is 18.2 Å². The normalized spacial score (nSPS) is 18.6. The summed E-state index contributed by atoms with van der Waals surface area (Å²) in [4.78, 5) is 25.9. The minimum absolute atomic E-state index is 0.00393. The number of nitrogens with one attached hydrogen (secondary N) is 1. The van der Waals surface area contributed by atoms with Gasteiger partial charge in [-0.15, -0.1) is 0 Å². The fourth-order valence-corrected chi connectivity index (χ4v) is 3.61. The van der Waals surface area contributed by atoms with Crippen LogP contribution in [0.3, 0.4) is 0 Å². The molecule has 0 saturated carbocycles. The van der Waals surface area contributed by atoms with Crippen molar-refractivity contribution in [3.05, 3.63) is 63.7 Å². The van der Waals surface area contributed by atoms with E-state index in [4.69, 9.17) is 9.47 Å². The van der Waals surface area contributed by atoms with Gasteiger partial charge in [-0.2, -0.15) is 0 Å². The Bertz CT molecular complexity index is 887. The SMILES string of the molecule is O=C(NC1CCN(Cc2ccccc2)C1)c1cc2c(cc1[N+](=O)[O-])OCCO2. The van der Waals surface area contributed by atoms with Gasteiger partial charge >= 0.3 is 0 Å². The van der Waals surface area contributed by atoms with Crippen molar-refractivity contribution in [3.8, 4) is 11.5 Å². The Morgan fingerprint density at radius 3 is 2.61 bits per heavy atom. The number of hydrogen-bond acceptors (Lipinski definition) is 6. The summed E-state index contributed by atoms with van der Waals surface area (Å²) in [5, 5.41) is 14.4. The molecule has 0 aromatic heterocycles. The Labute approximate surface area is 162 Å². The lowest BCUT2D eigenvalue weighted by Gasteiger charge is -2.20. The fourth-order valence-electron chi connectivity index (χ4n) is 3.61. The molecule has 1 fully saturated rings. The summed E-state index contributed by atoms with van der Waals surface area (Å²) < 4.78 is 10.9. The molecule has 28 heavy (non-hydrogen) atoms. The lowest BCUT2D eigenvalue weighted by molar-refractivity contribution is -0.385. The maximum atomic E-state index is 12.7. The topological polar surface area (TPSA) is 93.9 Å². The van der Waals surface area contributed by atoms with Crippen LogP contribution in [0.5, 0.6) is 11.5 Å². The molecule has 8 nitrogen and oxygen atoms in total. The van der Waals surface area contributed by atoms with E-state index in [9.17, 15) is 14.9 Å². The number of rotatable bonds is 5. The highest BCUT2D eigenvalue weighted by Gasteiger charge is 2.29. The van der Waals surface area contributed by atoms with Gasteiger partial charge in [-0.3, -0.25) is 19.8 Å². The van der Waals surface area contributed by atoms with Gasteiger partial charge in [0.2, 0.25) is 0 Å². The third-order valence-corrected chi connectivity index (χ3v) is 4.96. The van der Waals surface area contributed by atoms with E-state index >= 15 is 0 Å². The van der Waals surface area contributed by atoms with Crippen molar-refractivity contribution in [3.63, 3.8) is 0 Å². The minimum atomic E-state index is -0.566. The summed E-state index contributed by atoms with van der Waals surface area (Å²) in [6.07, 6.45) is 0.803. The molecule has 0 bridgehead atoms. The predicted molar refractivity (Wildman–Crippen MR) is 102 cm³/mol. The van der Waals surface area contributed by atoms with Crippen LogP contribution in [-0.4, -0.2) is 48.1 Å². The van der Waals surface area contributed by atoms with Crippen molar-refractivity contribution in [2.24, 2.45) is 0 Å². The van der Waals surface area contributed by atoms with Crippen LogP contribution in [0.1, 0.15) is 22.3 Å². The monoisotopic (exact) mass is 383 g/mol. The fraction of sp³-hybridized carbons (Fsp3) is 0.350. The van der Waals surface area contributed by atoms with Gasteiger partial charge in [0.05, 0.1) is 11.0 Å². The van der Waals surface area contributed by atoms with Crippen molar-refractivity contribution in [2.45, 2.75) is 19.0 Å². The molecule has 1 saturated heterocycles. The van der Waals surface area contributed by atoms with Crippen LogP contribution in [0.4, 0.5) is 5.69 Å². The first-order valence-corrected chi connectivity index (χ1v) is 9.25. The van der Waals surface area contributed by atoms with Crippen LogP contribution < -0.4 is 14.8 Å². The molecular formula is C20H21N3O5. The number of nitro benzene ring substituents is 1. The van der Waals surface area contributed by atoms with E-state index in [0.717, 1.165) is 19.5 Å². The highest BCUT2D eigenvalue weighted by Crippen LogP contribution is 2.36. The van der Waals surface area contributed by atoms with Gasteiger partial charge in [0.15, 0.2) is 11.5 Å². The van der Waals surface area contributed by atoms with E-state index in [-0.39, 0.29) is 17.3 Å². The first-order chi connectivity index (χ1) is 13.6. The largest absolute Gasteiger partial charge is 0.486 e. The highest BCUT2D eigenvalue weighted by atomic mass is 16.6. The van der Waals surface area contributed by atoms with Crippen LogP contribution in [0.2, 0.25) is 0 Å². The van der Waals surface area contributed by atoms with Gasteiger partial charge in [-0.25, -0.2) is 0 Å². The van der Waals surface area contributed by atoms with Crippen LogP contribution in [0.15, 0.2) is 42.5 Å². The van der Waals surface area contributed by atoms with Gasteiger partial charge in [-0.1, -0.05) is 30.3 Å². The van der Waals surface area contributed by atoms with Crippen molar-refractivity contribution < 1.29 is 19.2 Å². The third kappa shape index (κ3) is 3.91. The number of nitrogens with zero attached hydrogens (tertiary/aromatic N) is 2. The maximum Gasteiger partial charge on any atom is 0.286 e. The number of carbonyl (C=O) groups excluding carboxylic acids is 1. The summed E-state index contributed by atoms with van der Waals surface area (Å²) in [5.41, 5.74) is 0.939. The second kappa shape index (κ2) is 7.85. The lowest BCUT2D eigenvalue weighted by atomic mass is 10.1. The van der Waals surface area contributed by atoms with E-state index in [2.05, 4.69) is 22.3 Å². The number of fused-ring (bicyclic) bond motifs is 1. The molecule has 2 aromatic carbocycles. The molecular weight excluding hydrogens is 362 g/mol. The molecule has 1 atom stereocenters. The number of benzene rings is 2. The molecule has 0 radical (unpaired) electrons. The number of likely N-dealkylation sites (tertiary alicyclic amines) is 1. The molecule has 8 heteroatoms. The molecule has 4 rings (SSSR count). The van der Waals surface area contributed by atoms with E-state index < -0.39 is 10.8 Å². The van der Waals surface area contributed by atoms with Crippen molar-refractivity contribution in [1.29, 1.82) is 0 Å². The van der Waals surface area contributed by atoms with Gasteiger partial charge in [-0.05, 0) is 12.0 Å². The molecule has 1 N–H and O–H groups in total. The Kier molecular flexibility index (Phi) is 5.12. The summed E-state index contributed by atoms with van der Waals surface area (Å²) in [6.45, 7) is 3.07. The molecule has 146 valence electrons. The van der Waals surface area contributed by atoms with E-state index in [1.165, 1.54) is 17.7 Å². The Morgan fingerprint density at radius 2 is 1.89 bits per heavy atom. The van der Waals surface area contributed by atoms with Crippen LogP contribution in [-0.2, 0) is 6.54 Å². The van der Waals surface area contributed by atoms with Crippen molar-refractivity contribution in [2.75, 3.05) is 26.3 Å². The first-order valence-electron chi connectivity index (χ1n) is 9.25. The zero-order valence-corrected chi connectivity index (χ0v) is 15.3. The predicted octanol–water partition coefficient (Wildman–Crippen LogP) is 2.37. The minimum Gasteiger partial charge on any atom is -0.486 e. The molecule has 1 unspecified atom stereocenters. The van der Waals surface area contributed by atoms with Crippen LogP contribution >= 0.6 is 0 Å². The molecule has 0 spiro atoms.